The van der Waals surface area contributed by atoms with Gasteiger partial charge in [0.1, 0.15) is 0 Å². The highest BCUT2D eigenvalue weighted by atomic mass is 16.2. The molecular formula is C15H23N5O2. The van der Waals surface area contributed by atoms with E-state index in [1.807, 2.05) is 23.7 Å². The van der Waals surface area contributed by atoms with Gasteiger partial charge in [-0.3, -0.25) is 0 Å². The lowest BCUT2D eigenvalue weighted by Gasteiger charge is -2.10. The third kappa shape index (κ3) is 4.03. The first-order valence-corrected chi connectivity index (χ1v) is 6.84. The van der Waals surface area contributed by atoms with Gasteiger partial charge in [-0.25, -0.2) is 9.59 Å². The molecule has 0 aromatic carbocycles. The summed E-state index contributed by atoms with van der Waals surface area (Å²) in [5, 5.41) is 0. The molecule has 0 saturated carbocycles. The molecule has 1 aromatic rings. The molecule has 0 atom stereocenters. The van der Waals surface area contributed by atoms with Gasteiger partial charge in [0.2, 0.25) is 0 Å². The molecule has 0 fully saturated rings. The molecule has 0 aliphatic carbocycles. The zero-order chi connectivity index (χ0) is 17.0. The van der Waals surface area contributed by atoms with Crippen LogP contribution >= 0.6 is 0 Å². The van der Waals surface area contributed by atoms with Crippen molar-refractivity contribution < 1.29 is 9.59 Å². The van der Waals surface area contributed by atoms with Crippen LogP contribution in [0.25, 0.3) is 0 Å². The van der Waals surface area contributed by atoms with Gasteiger partial charge in [-0.15, -0.1) is 0 Å². The van der Waals surface area contributed by atoms with Crippen LogP contribution in [-0.4, -0.2) is 66.0 Å². The average molecular weight is 305 g/mol. The first kappa shape index (κ1) is 17.6. The molecule has 0 spiro atoms. The summed E-state index contributed by atoms with van der Waals surface area (Å²) in [5.41, 5.74) is 2.83. The topological polar surface area (TPSA) is 70.3 Å². The summed E-state index contributed by atoms with van der Waals surface area (Å²) < 4.78 is 1.86. The van der Waals surface area contributed by atoms with Crippen molar-refractivity contribution in [1.82, 2.24) is 14.4 Å². The second-order valence-electron chi connectivity index (χ2n) is 5.41. The molecule has 22 heavy (non-hydrogen) atoms. The second-order valence-corrected chi connectivity index (χ2v) is 5.41. The molecule has 1 aromatic heterocycles. The third-order valence-electron chi connectivity index (χ3n) is 3.16. The standard InChI is InChI=1S/C15H23N5O2/c1-10(16-14(21)18(3)4)12-8-9-13(20(12)7)11(2)17-15(22)19(5)6/h8-9H,1-7H3/b16-10+,17-11+. The number of rotatable bonds is 2. The van der Waals surface area contributed by atoms with Crippen LogP contribution in [0.3, 0.4) is 0 Å². The Labute approximate surface area is 130 Å². The fourth-order valence-corrected chi connectivity index (χ4v) is 1.84. The summed E-state index contributed by atoms with van der Waals surface area (Å²) in [6.45, 7) is 3.55. The second kappa shape index (κ2) is 7.02. The molecule has 0 N–H and O–H groups in total. The van der Waals surface area contributed by atoms with E-state index in [1.165, 1.54) is 9.80 Å². The summed E-state index contributed by atoms with van der Waals surface area (Å²) in [5.74, 6) is 0. The van der Waals surface area contributed by atoms with Gasteiger partial charge in [-0.2, -0.15) is 9.98 Å². The fourth-order valence-electron chi connectivity index (χ4n) is 1.84. The van der Waals surface area contributed by atoms with Crippen molar-refractivity contribution >= 4 is 23.5 Å². The number of nitrogens with zero attached hydrogens (tertiary/aromatic N) is 5. The van der Waals surface area contributed by atoms with E-state index in [-0.39, 0.29) is 12.1 Å². The quantitative estimate of drug-likeness (QED) is 0.784. The molecule has 0 bridgehead atoms. The van der Waals surface area contributed by atoms with E-state index in [2.05, 4.69) is 9.98 Å². The molecule has 1 rings (SSSR count). The number of aromatic nitrogens is 1. The number of hydrogen-bond donors (Lipinski definition) is 0. The van der Waals surface area contributed by atoms with Crippen LogP contribution in [0.1, 0.15) is 25.2 Å². The van der Waals surface area contributed by atoms with E-state index in [0.29, 0.717) is 11.4 Å². The minimum Gasteiger partial charge on any atom is -0.342 e. The highest BCUT2D eigenvalue weighted by Crippen LogP contribution is 2.11. The van der Waals surface area contributed by atoms with E-state index >= 15 is 0 Å². The van der Waals surface area contributed by atoms with Crippen molar-refractivity contribution in [3.8, 4) is 0 Å². The zero-order valence-corrected chi connectivity index (χ0v) is 14.2. The number of carbonyl (C=O) groups is 2. The average Bonchev–Trinajstić information content (AvgIpc) is 2.80. The predicted molar refractivity (Wildman–Crippen MR) is 88.0 cm³/mol. The first-order chi connectivity index (χ1) is 10.1. The Balaban J connectivity index is 3.14. The minimum absolute atomic E-state index is 0.312. The maximum atomic E-state index is 11.7. The van der Waals surface area contributed by atoms with Gasteiger partial charge >= 0.3 is 12.1 Å². The van der Waals surface area contributed by atoms with Crippen LogP contribution < -0.4 is 0 Å². The Morgan fingerprint density at radius 1 is 0.864 bits per heavy atom. The van der Waals surface area contributed by atoms with Gasteiger partial charge in [0.25, 0.3) is 0 Å². The maximum Gasteiger partial charge on any atom is 0.343 e. The lowest BCUT2D eigenvalue weighted by molar-refractivity contribution is 0.226. The molecule has 4 amide bonds. The van der Waals surface area contributed by atoms with Crippen molar-refractivity contribution in [2.75, 3.05) is 28.2 Å². The van der Waals surface area contributed by atoms with Gasteiger partial charge in [-0.1, -0.05) is 0 Å². The lowest BCUT2D eigenvalue weighted by atomic mass is 10.3. The lowest BCUT2D eigenvalue weighted by Crippen LogP contribution is -2.20. The van der Waals surface area contributed by atoms with E-state index in [4.69, 9.17) is 0 Å². The number of urea groups is 2. The van der Waals surface area contributed by atoms with Crippen LogP contribution in [0.5, 0.6) is 0 Å². The number of hydrogen-bond acceptors (Lipinski definition) is 2. The largest absolute Gasteiger partial charge is 0.343 e. The SMILES string of the molecule is C/C(=N\C(=O)N(C)C)c1ccc(/C(C)=N/C(=O)N(C)C)n1C. The van der Waals surface area contributed by atoms with Crippen molar-refractivity contribution in [1.29, 1.82) is 0 Å². The number of aliphatic imine (C=N–C) groups is 2. The first-order valence-electron chi connectivity index (χ1n) is 6.84. The summed E-state index contributed by atoms with van der Waals surface area (Å²) in [6, 6.07) is 3.09. The van der Waals surface area contributed by atoms with Crippen molar-refractivity contribution in [3.05, 3.63) is 23.5 Å². The van der Waals surface area contributed by atoms with Crippen LogP contribution in [0, 0.1) is 0 Å². The summed E-state index contributed by atoms with van der Waals surface area (Å²) in [6.07, 6.45) is 0. The Hall–Kier alpha value is -2.44. The van der Waals surface area contributed by atoms with Crippen LogP contribution in [-0.2, 0) is 7.05 Å². The van der Waals surface area contributed by atoms with Crippen molar-refractivity contribution in [2.24, 2.45) is 17.0 Å². The van der Waals surface area contributed by atoms with Crippen molar-refractivity contribution in [3.63, 3.8) is 0 Å². The third-order valence-corrected chi connectivity index (χ3v) is 3.16. The molecule has 0 radical (unpaired) electrons. The Morgan fingerprint density at radius 3 is 1.45 bits per heavy atom. The van der Waals surface area contributed by atoms with Gasteiger partial charge < -0.3 is 14.4 Å². The molecule has 7 heteroatoms. The fraction of sp³-hybridized carbons (Fsp3) is 0.467. The van der Waals surface area contributed by atoms with Gasteiger partial charge in [0.05, 0.1) is 22.8 Å². The summed E-state index contributed by atoms with van der Waals surface area (Å²) in [4.78, 5) is 34.2. The van der Waals surface area contributed by atoms with E-state index in [1.54, 1.807) is 42.0 Å². The molecule has 120 valence electrons. The highest BCUT2D eigenvalue weighted by Gasteiger charge is 2.12. The molecule has 0 aliphatic heterocycles. The molecule has 1 heterocycles. The summed E-state index contributed by atoms with van der Waals surface area (Å²) >= 11 is 0. The number of carbonyl (C=O) groups excluding carboxylic acids is 2. The van der Waals surface area contributed by atoms with E-state index < -0.39 is 0 Å². The van der Waals surface area contributed by atoms with Crippen LogP contribution in [0.2, 0.25) is 0 Å². The predicted octanol–water partition coefficient (Wildman–Crippen LogP) is 2.01. The Morgan fingerprint density at radius 2 is 1.18 bits per heavy atom. The van der Waals surface area contributed by atoms with E-state index in [9.17, 15) is 9.59 Å². The Bertz CT molecular complexity index is 585. The normalized spacial score (nSPS) is 12.3. The molecule has 7 nitrogen and oxygen atoms in total. The zero-order valence-electron chi connectivity index (χ0n) is 14.2. The maximum absolute atomic E-state index is 11.7. The Kier molecular flexibility index (Phi) is 5.62. The van der Waals surface area contributed by atoms with Crippen LogP contribution in [0.4, 0.5) is 9.59 Å². The molecule has 0 aliphatic rings. The monoisotopic (exact) mass is 305 g/mol. The molecule has 0 saturated heterocycles. The highest BCUT2D eigenvalue weighted by molar-refractivity contribution is 6.07. The van der Waals surface area contributed by atoms with Gasteiger partial charge in [0.15, 0.2) is 0 Å². The molecule has 0 unspecified atom stereocenters. The van der Waals surface area contributed by atoms with Crippen LogP contribution in [0.15, 0.2) is 22.1 Å². The molecular weight excluding hydrogens is 282 g/mol. The summed E-state index contributed by atoms with van der Waals surface area (Å²) in [7, 11) is 8.46. The van der Waals surface area contributed by atoms with E-state index in [0.717, 1.165) is 11.4 Å². The number of amides is 4. The van der Waals surface area contributed by atoms with Gasteiger partial charge in [-0.05, 0) is 26.0 Å². The minimum atomic E-state index is -0.312. The van der Waals surface area contributed by atoms with Crippen molar-refractivity contribution in [2.45, 2.75) is 13.8 Å². The van der Waals surface area contributed by atoms with Gasteiger partial charge in [0, 0.05) is 35.2 Å². The smallest absolute Gasteiger partial charge is 0.342 e.